The number of anilines is 1. The molecule has 4 aliphatic rings. The highest BCUT2D eigenvalue weighted by Gasteiger charge is 2.44. The van der Waals surface area contributed by atoms with Crippen molar-refractivity contribution in [2.45, 2.75) is 75.1 Å². The van der Waals surface area contributed by atoms with Gasteiger partial charge in [0.1, 0.15) is 5.75 Å². The number of aliphatic hydroxyl groups is 1. The number of fused-ring (bicyclic) bond motifs is 4. The molecule has 41 heavy (non-hydrogen) atoms. The summed E-state index contributed by atoms with van der Waals surface area (Å²) in [5.41, 5.74) is 3.35. The predicted octanol–water partition coefficient (Wildman–Crippen LogP) is 5.39. The minimum Gasteiger partial charge on any atom is -0.490 e. The van der Waals surface area contributed by atoms with Gasteiger partial charge in [-0.1, -0.05) is 36.7 Å². The van der Waals surface area contributed by atoms with Crippen LogP contribution < -0.4 is 14.4 Å². The molecule has 1 saturated carbocycles. The Morgan fingerprint density at radius 2 is 2.02 bits per heavy atom. The number of rotatable bonds is 1. The fourth-order valence-electron chi connectivity index (χ4n) is 7.32. The summed E-state index contributed by atoms with van der Waals surface area (Å²) < 4.78 is 35.1. The second-order valence-electron chi connectivity index (χ2n) is 12.3. The molecule has 9 heteroatoms. The smallest absolute Gasteiger partial charge is 0.264 e. The molecule has 0 saturated heterocycles. The van der Waals surface area contributed by atoms with E-state index in [2.05, 4.69) is 21.8 Å². The normalized spacial score (nSPS) is 32.0. The van der Waals surface area contributed by atoms with Gasteiger partial charge in [-0.25, -0.2) is 13.1 Å². The number of amides is 1. The van der Waals surface area contributed by atoms with Crippen molar-refractivity contribution in [2.75, 3.05) is 24.6 Å². The van der Waals surface area contributed by atoms with E-state index < -0.39 is 27.3 Å². The minimum absolute atomic E-state index is 0.189. The average molecular weight is 599 g/mol. The third kappa shape index (κ3) is 5.51. The van der Waals surface area contributed by atoms with Gasteiger partial charge in [0.15, 0.2) is 0 Å². The Kier molecular flexibility index (Phi) is 7.85. The molecule has 7 nitrogen and oxygen atoms in total. The summed E-state index contributed by atoms with van der Waals surface area (Å²) >= 11 is 6.38. The lowest BCUT2D eigenvalue weighted by molar-refractivity contribution is 0.0111. The number of sulfonamides is 1. The first-order valence-corrected chi connectivity index (χ1v) is 16.8. The number of carbonyl (C=O) groups excluding carboxylic acids is 1. The van der Waals surface area contributed by atoms with Crippen LogP contribution in [-0.2, 0) is 21.9 Å². The third-order valence-electron chi connectivity index (χ3n) is 9.74. The zero-order chi connectivity index (χ0) is 28.8. The molecule has 2 aromatic rings. The Labute approximate surface area is 248 Å². The van der Waals surface area contributed by atoms with Gasteiger partial charge in [-0.3, -0.25) is 4.79 Å². The van der Waals surface area contributed by atoms with Gasteiger partial charge in [0.25, 0.3) is 5.91 Å². The molecule has 6 rings (SSSR count). The molecule has 1 amide bonds. The second kappa shape index (κ2) is 11.3. The van der Waals surface area contributed by atoms with Gasteiger partial charge in [-0.2, -0.15) is 0 Å². The Morgan fingerprint density at radius 1 is 1.17 bits per heavy atom. The lowest BCUT2D eigenvalue weighted by Gasteiger charge is -2.45. The number of nitrogens with zero attached hydrogens (tertiary/aromatic N) is 1. The molecule has 5 atom stereocenters. The third-order valence-corrected chi connectivity index (χ3v) is 11.7. The SMILES string of the molecule is CCC1/C=C/CC[C@H](O)[C@@H]2CC[C@H]2CN2C[C@@]3(CCCc4cc(Cl)ccc43)COc3ccc(cc32)C(=O)NS1(=O)=O. The standard InChI is InChI=1S/C32H39ClN2O5S/c1-2-25-7-3-4-8-29(36)26-12-9-23(26)18-35-19-32(15-5-6-21-16-24(33)11-13-27(21)32)20-40-30-14-10-22(17-28(30)35)31(37)34-41(25,38)39/h3,7,10-11,13-14,16-17,23,25-26,29,36H,2,4-6,8-9,12,15,18-20H2,1H3,(H,34,37)/b7-3+/t23-,25?,26+,29-,32-/m0/s1. The first-order chi connectivity index (χ1) is 19.7. The van der Waals surface area contributed by atoms with Crippen LogP contribution in [0.25, 0.3) is 0 Å². The van der Waals surface area contributed by atoms with Gasteiger partial charge >= 0.3 is 0 Å². The summed E-state index contributed by atoms with van der Waals surface area (Å²) in [6.45, 7) is 3.74. The molecule has 2 N–H and O–H groups in total. The maximum Gasteiger partial charge on any atom is 0.264 e. The van der Waals surface area contributed by atoms with Crippen molar-refractivity contribution < 1.29 is 23.1 Å². The van der Waals surface area contributed by atoms with Gasteiger partial charge in [-0.05, 0) is 105 Å². The molecule has 1 unspecified atom stereocenters. The molecule has 1 fully saturated rings. The van der Waals surface area contributed by atoms with E-state index in [1.165, 1.54) is 11.1 Å². The second-order valence-corrected chi connectivity index (χ2v) is 14.6. The number of nitrogens with one attached hydrogen (secondary N) is 1. The first-order valence-electron chi connectivity index (χ1n) is 14.9. The number of halogens is 1. The van der Waals surface area contributed by atoms with Crippen LogP contribution in [-0.4, -0.2) is 50.5 Å². The van der Waals surface area contributed by atoms with Gasteiger partial charge in [-0.15, -0.1) is 0 Å². The number of allylic oxidation sites excluding steroid dienone is 1. The van der Waals surface area contributed by atoms with E-state index in [1.807, 2.05) is 12.1 Å². The average Bonchev–Trinajstić information content (AvgIpc) is 3.07. The molecule has 2 bridgehead atoms. The van der Waals surface area contributed by atoms with Crippen LogP contribution in [0.5, 0.6) is 5.75 Å². The van der Waals surface area contributed by atoms with Crippen LogP contribution in [0.4, 0.5) is 5.69 Å². The van der Waals surface area contributed by atoms with E-state index in [1.54, 1.807) is 31.2 Å². The van der Waals surface area contributed by atoms with Crippen molar-refractivity contribution in [3.05, 3.63) is 70.3 Å². The fraction of sp³-hybridized carbons (Fsp3) is 0.531. The molecule has 0 aromatic heterocycles. The van der Waals surface area contributed by atoms with E-state index in [0.29, 0.717) is 44.1 Å². The van der Waals surface area contributed by atoms with Gasteiger partial charge < -0.3 is 14.7 Å². The lowest BCUT2D eigenvalue weighted by atomic mass is 9.68. The number of ether oxygens (including phenoxy) is 1. The number of carbonyl (C=O) groups is 1. The van der Waals surface area contributed by atoms with Crippen LogP contribution >= 0.6 is 11.6 Å². The Morgan fingerprint density at radius 3 is 2.80 bits per heavy atom. The van der Waals surface area contributed by atoms with E-state index in [-0.39, 0.29) is 16.9 Å². The van der Waals surface area contributed by atoms with Crippen LogP contribution in [0, 0.1) is 11.8 Å². The quantitative estimate of drug-likeness (QED) is 0.428. The van der Waals surface area contributed by atoms with Crippen LogP contribution in [0.2, 0.25) is 5.02 Å². The minimum atomic E-state index is -3.93. The van der Waals surface area contributed by atoms with Crippen LogP contribution in [0.3, 0.4) is 0 Å². The summed E-state index contributed by atoms with van der Waals surface area (Å²) in [4.78, 5) is 15.6. The van der Waals surface area contributed by atoms with E-state index >= 15 is 0 Å². The van der Waals surface area contributed by atoms with E-state index in [4.69, 9.17) is 16.3 Å². The van der Waals surface area contributed by atoms with Crippen molar-refractivity contribution in [1.29, 1.82) is 0 Å². The Balaban J connectivity index is 1.42. The van der Waals surface area contributed by atoms with Gasteiger partial charge in [0.2, 0.25) is 10.0 Å². The maximum absolute atomic E-state index is 13.3. The lowest BCUT2D eigenvalue weighted by Crippen LogP contribution is -2.49. The number of benzene rings is 2. The van der Waals surface area contributed by atoms with Crippen molar-refractivity contribution in [3.8, 4) is 5.75 Å². The van der Waals surface area contributed by atoms with Gasteiger partial charge in [0, 0.05) is 29.1 Å². The first kappa shape index (κ1) is 28.6. The molecule has 1 spiro atoms. The summed E-state index contributed by atoms with van der Waals surface area (Å²) in [5, 5.41) is 11.0. The molecule has 220 valence electrons. The summed E-state index contributed by atoms with van der Waals surface area (Å²) in [5.74, 6) is 0.559. The monoisotopic (exact) mass is 598 g/mol. The number of aryl methyl sites for hydroxylation is 1. The molecule has 2 aliphatic carbocycles. The number of hydrogen-bond donors (Lipinski definition) is 2. The topological polar surface area (TPSA) is 95.9 Å². The number of aliphatic hydroxyl groups excluding tert-OH is 1. The maximum atomic E-state index is 13.3. The summed E-state index contributed by atoms with van der Waals surface area (Å²) in [6.07, 6.45) is 9.55. The number of hydrogen-bond acceptors (Lipinski definition) is 6. The van der Waals surface area contributed by atoms with Crippen molar-refractivity contribution in [2.24, 2.45) is 11.8 Å². The molecular formula is C32H39ClN2O5S. The van der Waals surface area contributed by atoms with Gasteiger partial charge in [0.05, 0.1) is 23.6 Å². The Hall–Kier alpha value is -2.55. The molecule has 2 aliphatic heterocycles. The Bertz CT molecular complexity index is 1460. The molecule has 2 aromatic carbocycles. The van der Waals surface area contributed by atoms with Crippen molar-refractivity contribution in [3.63, 3.8) is 0 Å². The summed E-state index contributed by atoms with van der Waals surface area (Å²) in [7, 11) is -3.93. The highest BCUT2D eigenvalue weighted by Crippen LogP contribution is 2.47. The van der Waals surface area contributed by atoms with E-state index in [9.17, 15) is 18.3 Å². The van der Waals surface area contributed by atoms with Crippen LogP contribution in [0.1, 0.15) is 73.4 Å². The zero-order valence-corrected chi connectivity index (χ0v) is 25.1. The largest absolute Gasteiger partial charge is 0.490 e. The van der Waals surface area contributed by atoms with Crippen molar-refractivity contribution in [1.82, 2.24) is 4.72 Å². The predicted molar refractivity (Wildman–Crippen MR) is 161 cm³/mol. The highest BCUT2D eigenvalue weighted by molar-refractivity contribution is 7.90. The zero-order valence-electron chi connectivity index (χ0n) is 23.5. The van der Waals surface area contributed by atoms with Crippen LogP contribution in [0.15, 0.2) is 48.6 Å². The summed E-state index contributed by atoms with van der Waals surface area (Å²) in [6, 6.07) is 11.4. The molecule has 2 heterocycles. The molecular weight excluding hydrogens is 560 g/mol. The highest BCUT2D eigenvalue weighted by atomic mass is 35.5. The fourth-order valence-corrected chi connectivity index (χ4v) is 8.80. The molecule has 0 radical (unpaired) electrons. The van der Waals surface area contributed by atoms with Crippen molar-refractivity contribution >= 4 is 33.2 Å². The van der Waals surface area contributed by atoms with E-state index in [0.717, 1.165) is 49.4 Å².